The van der Waals surface area contributed by atoms with Crippen LogP contribution in [0.5, 0.6) is 5.75 Å². The molecule has 5 heteroatoms. The first kappa shape index (κ1) is 17.9. The maximum absolute atomic E-state index is 12.4. The van der Waals surface area contributed by atoms with Crippen molar-refractivity contribution in [2.45, 2.75) is 6.92 Å². The van der Waals surface area contributed by atoms with Gasteiger partial charge in [-0.05, 0) is 36.8 Å². The first-order chi connectivity index (χ1) is 12.7. The molecule has 1 aliphatic heterocycles. The quantitative estimate of drug-likeness (QED) is 0.917. The molecule has 1 N–H and O–H groups in total. The van der Waals surface area contributed by atoms with E-state index in [0.717, 1.165) is 24.4 Å². The first-order valence-electron chi connectivity index (χ1n) is 8.84. The van der Waals surface area contributed by atoms with Crippen LogP contribution in [0, 0.1) is 6.92 Å². The van der Waals surface area contributed by atoms with E-state index in [1.807, 2.05) is 35.2 Å². The zero-order valence-corrected chi connectivity index (χ0v) is 15.3. The summed E-state index contributed by atoms with van der Waals surface area (Å²) in [5, 5.41) is 2.85. The normalized spacial score (nSPS) is 14.5. The molecule has 0 unspecified atom stereocenters. The summed E-state index contributed by atoms with van der Waals surface area (Å²) in [4.78, 5) is 16.5. The Morgan fingerprint density at radius 2 is 1.85 bits per heavy atom. The van der Waals surface area contributed by atoms with Crippen molar-refractivity contribution in [2.75, 3.05) is 38.2 Å². The maximum atomic E-state index is 12.4. The van der Waals surface area contributed by atoms with Gasteiger partial charge < -0.3 is 19.9 Å². The highest BCUT2D eigenvalue weighted by Crippen LogP contribution is 2.19. The average Bonchev–Trinajstić information content (AvgIpc) is 2.68. The molecule has 0 spiro atoms. The maximum Gasteiger partial charge on any atom is 0.321 e. The molecule has 2 aromatic rings. The van der Waals surface area contributed by atoms with Gasteiger partial charge in [0.2, 0.25) is 0 Å². The fourth-order valence-electron chi connectivity index (χ4n) is 3.09. The number of ether oxygens (including phenoxy) is 1. The number of rotatable bonds is 4. The number of piperazine rings is 1. The lowest BCUT2D eigenvalue weighted by Gasteiger charge is -2.36. The number of anilines is 1. The van der Waals surface area contributed by atoms with Crippen molar-refractivity contribution in [2.24, 2.45) is 0 Å². The van der Waals surface area contributed by atoms with Crippen LogP contribution in [0.15, 0.2) is 54.7 Å². The Hall–Kier alpha value is -2.95. The van der Waals surface area contributed by atoms with Crippen LogP contribution in [0.3, 0.4) is 0 Å². The molecular weight excluding hydrogens is 326 g/mol. The van der Waals surface area contributed by atoms with E-state index < -0.39 is 0 Å². The van der Waals surface area contributed by atoms with Gasteiger partial charge >= 0.3 is 6.03 Å². The van der Waals surface area contributed by atoms with Gasteiger partial charge in [0.15, 0.2) is 0 Å². The molecule has 0 radical (unpaired) electrons. The van der Waals surface area contributed by atoms with Gasteiger partial charge in [-0.3, -0.25) is 0 Å². The molecule has 0 aliphatic carbocycles. The topological polar surface area (TPSA) is 44.8 Å². The average molecular weight is 351 g/mol. The molecule has 136 valence electrons. The van der Waals surface area contributed by atoms with Gasteiger partial charge in [-0.25, -0.2) is 4.79 Å². The molecule has 0 saturated carbocycles. The third-order valence-electron chi connectivity index (χ3n) is 4.54. The van der Waals surface area contributed by atoms with Crippen LogP contribution < -0.4 is 15.0 Å². The largest absolute Gasteiger partial charge is 0.496 e. The minimum atomic E-state index is -0.0694. The van der Waals surface area contributed by atoms with E-state index in [-0.39, 0.29) is 6.03 Å². The molecule has 1 heterocycles. The second-order valence-corrected chi connectivity index (χ2v) is 6.34. The van der Waals surface area contributed by atoms with Crippen molar-refractivity contribution in [3.8, 4) is 5.75 Å². The number of amides is 2. The molecule has 1 saturated heterocycles. The van der Waals surface area contributed by atoms with Crippen LogP contribution >= 0.6 is 0 Å². The third-order valence-corrected chi connectivity index (χ3v) is 4.54. The Bertz CT molecular complexity index is 780. The predicted molar refractivity (Wildman–Crippen MR) is 106 cm³/mol. The van der Waals surface area contributed by atoms with Gasteiger partial charge in [0.1, 0.15) is 5.75 Å². The van der Waals surface area contributed by atoms with E-state index in [2.05, 4.69) is 41.4 Å². The number of para-hydroxylation sites is 1. The number of nitrogens with one attached hydrogen (secondary N) is 1. The summed E-state index contributed by atoms with van der Waals surface area (Å²) in [6, 6.07) is 16.1. The molecule has 3 rings (SSSR count). The highest BCUT2D eigenvalue weighted by atomic mass is 16.5. The van der Waals surface area contributed by atoms with E-state index in [0.29, 0.717) is 13.1 Å². The lowest BCUT2D eigenvalue weighted by atomic mass is 10.2. The summed E-state index contributed by atoms with van der Waals surface area (Å²) in [5.41, 5.74) is 3.41. The van der Waals surface area contributed by atoms with Crippen molar-refractivity contribution < 1.29 is 9.53 Å². The van der Waals surface area contributed by atoms with Crippen LogP contribution in [0.1, 0.15) is 11.1 Å². The van der Waals surface area contributed by atoms with E-state index in [1.54, 1.807) is 13.3 Å². The van der Waals surface area contributed by atoms with Crippen molar-refractivity contribution in [3.63, 3.8) is 0 Å². The fraction of sp³-hybridized carbons (Fsp3) is 0.286. The van der Waals surface area contributed by atoms with Crippen LogP contribution in [0.2, 0.25) is 0 Å². The second-order valence-electron chi connectivity index (χ2n) is 6.34. The number of nitrogens with zero attached hydrogens (tertiary/aromatic N) is 2. The van der Waals surface area contributed by atoms with Gasteiger partial charge in [0.25, 0.3) is 0 Å². The van der Waals surface area contributed by atoms with Crippen molar-refractivity contribution in [3.05, 3.63) is 65.9 Å². The van der Waals surface area contributed by atoms with E-state index in [4.69, 9.17) is 4.74 Å². The number of hydrogen-bond donors (Lipinski definition) is 1. The standard InChI is InChI=1S/C21H25N3O2/c1-17-6-5-8-19(16-17)23-12-14-24(15-13-23)21(25)22-11-10-18-7-3-4-9-20(18)26-2/h3-11,16H,12-15H2,1-2H3,(H,22,25)/b11-10+. The lowest BCUT2D eigenvalue weighted by Crippen LogP contribution is -2.51. The number of carbonyl (C=O) groups is 1. The smallest absolute Gasteiger partial charge is 0.321 e. The number of hydrogen-bond acceptors (Lipinski definition) is 3. The van der Waals surface area contributed by atoms with Gasteiger partial charge in [-0.2, -0.15) is 0 Å². The Morgan fingerprint density at radius 3 is 2.58 bits per heavy atom. The summed E-state index contributed by atoms with van der Waals surface area (Å²) in [7, 11) is 1.64. The minimum absolute atomic E-state index is 0.0694. The number of urea groups is 1. The van der Waals surface area contributed by atoms with Gasteiger partial charge in [0, 0.05) is 43.6 Å². The number of aryl methyl sites for hydroxylation is 1. The van der Waals surface area contributed by atoms with Crippen molar-refractivity contribution in [1.29, 1.82) is 0 Å². The Morgan fingerprint density at radius 1 is 1.08 bits per heavy atom. The molecule has 2 amide bonds. The van der Waals surface area contributed by atoms with Crippen LogP contribution in [-0.4, -0.2) is 44.2 Å². The predicted octanol–water partition coefficient (Wildman–Crippen LogP) is 3.51. The molecule has 26 heavy (non-hydrogen) atoms. The molecule has 0 atom stereocenters. The minimum Gasteiger partial charge on any atom is -0.496 e. The SMILES string of the molecule is COc1ccccc1/C=C/NC(=O)N1CCN(c2cccc(C)c2)CC1. The summed E-state index contributed by atoms with van der Waals surface area (Å²) in [6.07, 6.45) is 3.52. The van der Waals surface area contributed by atoms with Crippen molar-refractivity contribution >= 4 is 17.8 Å². The number of benzene rings is 2. The summed E-state index contributed by atoms with van der Waals surface area (Å²) in [6.45, 7) is 5.20. The van der Waals surface area contributed by atoms with Crippen LogP contribution in [0.25, 0.3) is 6.08 Å². The summed E-state index contributed by atoms with van der Waals surface area (Å²) in [5.74, 6) is 0.782. The molecule has 2 aromatic carbocycles. The molecule has 0 aromatic heterocycles. The third kappa shape index (κ3) is 4.36. The zero-order chi connectivity index (χ0) is 18.4. The Balaban J connectivity index is 1.51. The second kappa shape index (κ2) is 8.43. The van der Waals surface area contributed by atoms with Gasteiger partial charge in [-0.1, -0.05) is 30.3 Å². The van der Waals surface area contributed by atoms with Gasteiger partial charge in [-0.15, -0.1) is 0 Å². The molecule has 5 nitrogen and oxygen atoms in total. The summed E-state index contributed by atoms with van der Waals surface area (Å²) >= 11 is 0. The van der Waals surface area contributed by atoms with E-state index in [1.165, 1.54) is 11.3 Å². The Kier molecular flexibility index (Phi) is 5.79. The number of carbonyl (C=O) groups excluding carboxylic acids is 1. The highest BCUT2D eigenvalue weighted by Gasteiger charge is 2.20. The molecule has 1 aliphatic rings. The highest BCUT2D eigenvalue weighted by molar-refractivity contribution is 5.76. The first-order valence-corrected chi connectivity index (χ1v) is 8.84. The van der Waals surface area contributed by atoms with Gasteiger partial charge in [0.05, 0.1) is 7.11 Å². The molecular formula is C21H25N3O2. The van der Waals surface area contributed by atoms with E-state index in [9.17, 15) is 4.79 Å². The number of methoxy groups -OCH3 is 1. The van der Waals surface area contributed by atoms with Crippen molar-refractivity contribution in [1.82, 2.24) is 10.2 Å². The zero-order valence-electron chi connectivity index (χ0n) is 15.3. The van der Waals surface area contributed by atoms with E-state index >= 15 is 0 Å². The molecule has 1 fully saturated rings. The fourth-order valence-corrected chi connectivity index (χ4v) is 3.09. The van der Waals surface area contributed by atoms with Crippen LogP contribution in [0.4, 0.5) is 10.5 Å². The Labute approximate surface area is 154 Å². The monoisotopic (exact) mass is 351 g/mol. The lowest BCUT2D eigenvalue weighted by molar-refractivity contribution is 0.198. The molecule has 0 bridgehead atoms. The van der Waals surface area contributed by atoms with Crippen LogP contribution in [-0.2, 0) is 0 Å². The summed E-state index contributed by atoms with van der Waals surface area (Å²) < 4.78 is 5.30.